The summed E-state index contributed by atoms with van der Waals surface area (Å²) in [4.78, 5) is 15.6. The number of nitrogens with one attached hydrogen (secondary N) is 1. The van der Waals surface area contributed by atoms with E-state index in [2.05, 4.69) is 10.3 Å². The molecule has 0 bridgehead atoms. The largest absolute Gasteiger partial charge is 0.435 e. The molecule has 0 atom stereocenters. The average Bonchev–Trinajstić information content (AvgIpc) is 2.98. The Morgan fingerprint density at radius 3 is 2.70 bits per heavy atom. The highest BCUT2D eigenvalue weighted by atomic mass is 35.5. The van der Waals surface area contributed by atoms with Crippen molar-refractivity contribution in [3.63, 3.8) is 0 Å². The van der Waals surface area contributed by atoms with Gasteiger partial charge in [-0.15, -0.1) is 0 Å². The first-order chi connectivity index (χ1) is 11.1. The second-order valence-electron chi connectivity index (χ2n) is 4.82. The predicted molar refractivity (Wildman–Crippen MR) is 87.5 cm³/mol. The van der Waals surface area contributed by atoms with Gasteiger partial charge in [0.1, 0.15) is 16.4 Å². The molecule has 0 aliphatic rings. The molecule has 23 heavy (non-hydrogen) atoms. The van der Waals surface area contributed by atoms with Gasteiger partial charge < -0.3 is 9.73 Å². The molecule has 3 rings (SSSR count). The first kappa shape index (κ1) is 15.2. The topological polar surface area (TPSA) is 55.1 Å². The van der Waals surface area contributed by atoms with Crippen LogP contribution in [0.4, 0.5) is 4.39 Å². The molecule has 0 saturated heterocycles. The van der Waals surface area contributed by atoms with Crippen molar-refractivity contribution in [1.82, 2.24) is 10.3 Å². The third kappa shape index (κ3) is 3.24. The van der Waals surface area contributed by atoms with Gasteiger partial charge in [0.05, 0.1) is 0 Å². The van der Waals surface area contributed by atoms with E-state index in [1.54, 1.807) is 37.4 Å². The van der Waals surface area contributed by atoms with Crippen molar-refractivity contribution >= 4 is 39.7 Å². The van der Waals surface area contributed by atoms with E-state index in [9.17, 15) is 9.18 Å². The summed E-state index contributed by atoms with van der Waals surface area (Å²) in [5.74, 6) is -0.336. The molecule has 0 spiro atoms. The van der Waals surface area contributed by atoms with Gasteiger partial charge in [-0.1, -0.05) is 23.7 Å². The van der Waals surface area contributed by atoms with Crippen molar-refractivity contribution in [2.24, 2.45) is 0 Å². The number of halogens is 2. The third-order valence-corrected chi connectivity index (χ3v) is 3.52. The number of rotatable bonds is 3. The first-order valence-electron chi connectivity index (χ1n) is 6.82. The Morgan fingerprint density at radius 2 is 2.00 bits per heavy atom. The molecule has 0 saturated carbocycles. The van der Waals surface area contributed by atoms with Crippen molar-refractivity contribution < 1.29 is 13.6 Å². The highest BCUT2D eigenvalue weighted by Crippen LogP contribution is 2.26. The summed E-state index contributed by atoms with van der Waals surface area (Å²) in [5.41, 5.74) is 2.21. The molecule has 0 unspecified atom stereocenters. The lowest BCUT2D eigenvalue weighted by Gasteiger charge is -2.00. The summed E-state index contributed by atoms with van der Waals surface area (Å²) in [6.45, 7) is 0. The lowest BCUT2D eigenvalue weighted by atomic mass is 10.1. The van der Waals surface area contributed by atoms with Crippen LogP contribution in [0.5, 0.6) is 0 Å². The maximum absolute atomic E-state index is 13.2. The van der Waals surface area contributed by atoms with Gasteiger partial charge in [-0.05, 0) is 35.9 Å². The second kappa shape index (κ2) is 6.22. The van der Waals surface area contributed by atoms with E-state index in [4.69, 9.17) is 16.0 Å². The van der Waals surface area contributed by atoms with E-state index in [1.165, 1.54) is 18.2 Å². The Morgan fingerprint density at radius 1 is 1.26 bits per heavy atom. The quantitative estimate of drug-likeness (QED) is 0.787. The molecule has 116 valence electrons. The van der Waals surface area contributed by atoms with Crippen molar-refractivity contribution in [3.05, 3.63) is 65.3 Å². The molecule has 0 aliphatic carbocycles. The van der Waals surface area contributed by atoms with Gasteiger partial charge in [0.25, 0.3) is 5.91 Å². The summed E-state index contributed by atoms with van der Waals surface area (Å²) >= 11 is 6.21. The van der Waals surface area contributed by atoms with E-state index in [0.717, 1.165) is 5.56 Å². The number of amides is 1. The van der Waals surface area contributed by atoms with Crippen molar-refractivity contribution in [2.75, 3.05) is 7.05 Å². The average molecular weight is 331 g/mol. The minimum absolute atomic E-state index is 0.160. The van der Waals surface area contributed by atoms with Gasteiger partial charge in [0.2, 0.25) is 5.89 Å². The molecule has 0 aliphatic heterocycles. The number of carbonyl (C=O) groups excluding carboxylic acids is 1. The van der Waals surface area contributed by atoms with Gasteiger partial charge >= 0.3 is 0 Å². The van der Waals surface area contributed by atoms with Gasteiger partial charge in [-0.3, -0.25) is 4.79 Å². The fourth-order valence-corrected chi connectivity index (χ4v) is 2.29. The minimum atomic E-state index is -0.387. The molecular formula is C17H12ClFN2O2. The summed E-state index contributed by atoms with van der Waals surface area (Å²) in [5, 5.41) is 2.84. The summed E-state index contributed by atoms with van der Waals surface area (Å²) < 4.78 is 18.7. The number of hydrogen-bond donors (Lipinski definition) is 1. The Hall–Kier alpha value is -2.66. The predicted octanol–water partition coefficient (Wildman–Crippen LogP) is 4.06. The lowest BCUT2D eigenvalue weighted by Crippen LogP contribution is -2.17. The maximum Gasteiger partial charge on any atom is 0.251 e. The fourth-order valence-electron chi connectivity index (χ4n) is 2.09. The van der Waals surface area contributed by atoms with Gasteiger partial charge in [0.15, 0.2) is 5.58 Å². The molecular weight excluding hydrogens is 319 g/mol. The SMILES string of the molecule is CNC(=O)c1ccc(C=C(Cl)c2nc3cc(F)ccc3o2)cc1. The Kier molecular flexibility index (Phi) is 4.12. The number of nitrogens with zero attached hydrogens (tertiary/aromatic N) is 1. The van der Waals surface area contributed by atoms with Crippen LogP contribution < -0.4 is 5.32 Å². The van der Waals surface area contributed by atoms with Crippen LogP contribution in [0.2, 0.25) is 0 Å². The van der Waals surface area contributed by atoms with Gasteiger partial charge in [0, 0.05) is 18.7 Å². The first-order valence-corrected chi connectivity index (χ1v) is 7.20. The zero-order chi connectivity index (χ0) is 16.4. The monoisotopic (exact) mass is 330 g/mol. The third-order valence-electron chi connectivity index (χ3n) is 3.25. The Bertz CT molecular complexity index is 901. The standard InChI is InChI=1S/C17H12ClFN2O2/c1-20-16(22)11-4-2-10(3-5-11)8-13(18)17-21-14-9-12(19)6-7-15(14)23-17/h2-9H,1H3,(H,20,22). The van der Waals surface area contributed by atoms with Crippen molar-refractivity contribution in [1.29, 1.82) is 0 Å². The molecule has 0 radical (unpaired) electrons. The molecule has 4 nitrogen and oxygen atoms in total. The molecule has 2 aromatic carbocycles. The molecule has 3 aromatic rings. The van der Waals surface area contributed by atoms with Crippen LogP contribution in [0, 0.1) is 5.82 Å². The van der Waals surface area contributed by atoms with Gasteiger partial charge in [-0.2, -0.15) is 0 Å². The molecule has 0 fully saturated rings. The second-order valence-corrected chi connectivity index (χ2v) is 5.23. The Balaban J connectivity index is 1.89. The number of benzene rings is 2. The van der Waals surface area contributed by atoms with Crippen LogP contribution in [0.25, 0.3) is 22.2 Å². The molecule has 6 heteroatoms. The number of aromatic nitrogens is 1. The smallest absolute Gasteiger partial charge is 0.251 e. The molecule has 1 amide bonds. The number of fused-ring (bicyclic) bond motifs is 1. The Labute approximate surface area is 136 Å². The van der Waals surface area contributed by atoms with Crippen molar-refractivity contribution in [3.8, 4) is 0 Å². The number of hydrogen-bond acceptors (Lipinski definition) is 3. The number of carbonyl (C=O) groups is 1. The van der Waals surface area contributed by atoms with Crippen LogP contribution >= 0.6 is 11.6 Å². The van der Waals surface area contributed by atoms with Crippen LogP contribution in [0.1, 0.15) is 21.8 Å². The maximum atomic E-state index is 13.2. The van der Waals surface area contributed by atoms with E-state index in [0.29, 0.717) is 16.7 Å². The van der Waals surface area contributed by atoms with Crippen molar-refractivity contribution in [2.45, 2.75) is 0 Å². The zero-order valence-corrected chi connectivity index (χ0v) is 12.9. The normalized spacial score (nSPS) is 11.7. The summed E-state index contributed by atoms with van der Waals surface area (Å²) in [6, 6.07) is 11.0. The van der Waals surface area contributed by atoms with Crippen LogP contribution in [-0.2, 0) is 0 Å². The van der Waals surface area contributed by atoms with E-state index >= 15 is 0 Å². The lowest BCUT2D eigenvalue weighted by molar-refractivity contribution is 0.0963. The molecule has 1 heterocycles. The fraction of sp³-hybridized carbons (Fsp3) is 0.0588. The number of oxazole rings is 1. The zero-order valence-electron chi connectivity index (χ0n) is 12.1. The highest BCUT2D eigenvalue weighted by Gasteiger charge is 2.10. The summed E-state index contributed by atoms with van der Waals surface area (Å²) in [7, 11) is 1.57. The minimum Gasteiger partial charge on any atom is -0.435 e. The van der Waals surface area contributed by atoms with Crippen LogP contribution in [0.3, 0.4) is 0 Å². The molecule has 1 N–H and O–H groups in total. The van der Waals surface area contributed by atoms with Crippen LogP contribution in [0.15, 0.2) is 46.9 Å². The molecule has 1 aromatic heterocycles. The van der Waals surface area contributed by atoms with Gasteiger partial charge in [-0.25, -0.2) is 9.37 Å². The van der Waals surface area contributed by atoms with E-state index in [1.807, 2.05) is 0 Å². The summed E-state index contributed by atoms with van der Waals surface area (Å²) in [6.07, 6.45) is 1.66. The highest BCUT2D eigenvalue weighted by molar-refractivity contribution is 6.50. The van der Waals surface area contributed by atoms with Crippen LogP contribution in [-0.4, -0.2) is 17.9 Å². The van der Waals surface area contributed by atoms with E-state index in [-0.39, 0.29) is 22.6 Å². The van der Waals surface area contributed by atoms with E-state index < -0.39 is 0 Å².